The van der Waals surface area contributed by atoms with E-state index in [1.807, 2.05) is 31.2 Å². The standard InChI is InChI=1S/C13H15BrN2O/c1-3-8-15-9-13(17)16-10(2)11-6-4-5-7-12(11)14/h1,4-7,10,15H,8-9H2,2H3,(H,16,17)/t10-/m0/s1. The highest BCUT2D eigenvalue weighted by Gasteiger charge is 2.11. The molecule has 3 nitrogen and oxygen atoms in total. The van der Waals surface area contributed by atoms with E-state index in [0.29, 0.717) is 6.54 Å². The minimum absolute atomic E-state index is 0.0364. The number of carbonyl (C=O) groups is 1. The fourth-order valence-corrected chi connectivity index (χ4v) is 2.07. The van der Waals surface area contributed by atoms with E-state index in [4.69, 9.17) is 6.42 Å². The van der Waals surface area contributed by atoms with Crippen molar-refractivity contribution in [3.63, 3.8) is 0 Å². The average Bonchev–Trinajstić information content (AvgIpc) is 2.29. The molecule has 90 valence electrons. The molecule has 0 aliphatic carbocycles. The van der Waals surface area contributed by atoms with Crippen molar-refractivity contribution in [2.75, 3.05) is 13.1 Å². The largest absolute Gasteiger partial charge is 0.348 e. The van der Waals surface area contributed by atoms with E-state index in [2.05, 4.69) is 32.5 Å². The van der Waals surface area contributed by atoms with Gasteiger partial charge in [0.05, 0.1) is 19.1 Å². The summed E-state index contributed by atoms with van der Waals surface area (Å²) in [7, 11) is 0. The van der Waals surface area contributed by atoms with E-state index < -0.39 is 0 Å². The van der Waals surface area contributed by atoms with Crippen molar-refractivity contribution >= 4 is 21.8 Å². The van der Waals surface area contributed by atoms with Crippen LogP contribution < -0.4 is 10.6 Å². The maximum absolute atomic E-state index is 11.6. The summed E-state index contributed by atoms with van der Waals surface area (Å²) in [5.41, 5.74) is 1.05. The SMILES string of the molecule is C#CCNCC(=O)N[C@@H](C)c1ccccc1Br. The molecule has 17 heavy (non-hydrogen) atoms. The molecule has 1 rings (SSSR count). The second-order valence-electron chi connectivity index (χ2n) is 3.62. The van der Waals surface area contributed by atoms with E-state index in [1.165, 1.54) is 0 Å². The quantitative estimate of drug-likeness (QED) is 0.643. The van der Waals surface area contributed by atoms with Gasteiger partial charge in [-0.1, -0.05) is 40.0 Å². The molecule has 0 aliphatic rings. The van der Waals surface area contributed by atoms with Crippen LogP contribution in [0, 0.1) is 12.3 Å². The summed E-state index contributed by atoms with van der Waals surface area (Å²) in [4.78, 5) is 11.6. The fraction of sp³-hybridized carbons (Fsp3) is 0.308. The fourth-order valence-electron chi connectivity index (χ4n) is 1.44. The second kappa shape index (κ2) is 7.10. The molecule has 1 atom stereocenters. The van der Waals surface area contributed by atoms with Crippen LogP contribution in [0.1, 0.15) is 18.5 Å². The molecule has 2 N–H and O–H groups in total. The lowest BCUT2D eigenvalue weighted by Crippen LogP contribution is -2.35. The number of amides is 1. The average molecular weight is 295 g/mol. The van der Waals surface area contributed by atoms with Gasteiger partial charge in [-0.2, -0.15) is 0 Å². The zero-order valence-electron chi connectivity index (χ0n) is 9.66. The van der Waals surface area contributed by atoms with Gasteiger partial charge >= 0.3 is 0 Å². The lowest BCUT2D eigenvalue weighted by Gasteiger charge is -2.15. The maximum atomic E-state index is 11.6. The van der Waals surface area contributed by atoms with Crippen molar-refractivity contribution in [3.05, 3.63) is 34.3 Å². The monoisotopic (exact) mass is 294 g/mol. The molecule has 0 heterocycles. The van der Waals surface area contributed by atoms with Crippen LogP contribution in [0.5, 0.6) is 0 Å². The van der Waals surface area contributed by atoms with Crippen LogP contribution in [-0.2, 0) is 4.79 Å². The summed E-state index contributed by atoms with van der Waals surface area (Å²) in [6.45, 7) is 2.58. The number of carbonyl (C=O) groups excluding carboxylic acids is 1. The Morgan fingerprint density at radius 1 is 1.53 bits per heavy atom. The van der Waals surface area contributed by atoms with Gasteiger partial charge < -0.3 is 5.32 Å². The number of rotatable bonds is 5. The minimum atomic E-state index is -0.0662. The molecular formula is C13H15BrN2O. The van der Waals surface area contributed by atoms with Gasteiger partial charge in [-0.3, -0.25) is 10.1 Å². The smallest absolute Gasteiger partial charge is 0.234 e. The van der Waals surface area contributed by atoms with Gasteiger partial charge in [0.15, 0.2) is 0 Å². The number of hydrogen-bond donors (Lipinski definition) is 2. The van der Waals surface area contributed by atoms with E-state index in [-0.39, 0.29) is 18.5 Å². The third kappa shape index (κ3) is 4.59. The van der Waals surface area contributed by atoms with E-state index >= 15 is 0 Å². The van der Waals surface area contributed by atoms with Crippen molar-refractivity contribution in [3.8, 4) is 12.3 Å². The molecule has 0 aliphatic heterocycles. The van der Waals surface area contributed by atoms with Gasteiger partial charge in [0.2, 0.25) is 5.91 Å². The van der Waals surface area contributed by atoms with Crippen molar-refractivity contribution in [2.24, 2.45) is 0 Å². The zero-order chi connectivity index (χ0) is 12.7. The highest BCUT2D eigenvalue weighted by Crippen LogP contribution is 2.22. The van der Waals surface area contributed by atoms with Crippen LogP contribution in [0.2, 0.25) is 0 Å². The third-order valence-corrected chi connectivity index (χ3v) is 2.98. The van der Waals surface area contributed by atoms with Crippen LogP contribution in [0.4, 0.5) is 0 Å². The first-order valence-electron chi connectivity index (χ1n) is 5.33. The van der Waals surface area contributed by atoms with Crippen molar-refractivity contribution < 1.29 is 4.79 Å². The van der Waals surface area contributed by atoms with Crippen molar-refractivity contribution in [1.82, 2.24) is 10.6 Å². The third-order valence-electron chi connectivity index (χ3n) is 2.26. The van der Waals surface area contributed by atoms with Crippen LogP contribution in [0.25, 0.3) is 0 Å². The van der Waals surface area contributed by atoms with Gasteiger partial charge in [-0.25, -0.2) is 0 Å². The summed E-state index contributed by atoms with van der Waals surface area (Å²) in [6.07, 6.45) is 5.08. The molecule has 0 aromatic heterocycles. The van der Waals surface area contributed by atoms with Crippen LogP contribution in [0.15, 0.2) is 28.7 Å². The Kier molecular flexibility index (Phi) is 5.75. The lowest BCUT2D eigenvalue weighted by molar-refractivity contribution is -0.120. The Labute approximate surface area is 110 Å². The summed E-state index contributed by atoms with van der Waals surface area (Å²) >= 11 is 3.46. The molecule has 4 heteroatoms. The summed E-state index contributed by atoms with van der Waals surface area (Å²) in [5, 5.41) is 5.74. The number of benzene rings is 1. The predicted octanol–water partition coefficient (Wildman–Crippen LogP) is 1.85. The molecule has 0 fully saturated rings. The minimum Gasteiger partial charge on any atom is -0.348 e. The lowest BCUT2D eigenvalue weighted by atomic mass is 10.1. The highest BCUT2D eigenvalue weighted by atomic mass is 79.9. The van der Waals surface area contributed by atoms with E-state index in [1.54, 1.807) is 0 Å². The topological polar surface area (TPSA) is 41.1 Å². The van der Waals surface area contributed by atoms with Gasteiger partial charge in [0, 0.05) is 4.47 Å². The Bertz CT molecular complexity index is 426. The van der Waals surface area contributed by atoms with Gasteiger partial charge in [0.25, 0.3) is 0 Å². The van der Waals surface area contributed by atoms with Crippen LogP contribution in [0.3, 0.4) is 0 Å². The first-order chi connectivity index (χ1) is 8.15. The Morgan fingerprint density at radius 3 is 2.88 bits per heavy atom. The normalized spacial score (nSPS) is 11.6. The molecule has 1 aromatic rings. The van der Waals surface area contributed by atoms with E-state index in [0.717, 1.165) is 10.0 Å². The summed E-state index contributed by atoms with van der Waals surface area (Å²) < 4.78 is 0.990. The van der Waals surface area contributed by atoms with Crippen LogP contribution >= 0.6 is 15.9 Å². The molecule has 0 saturated heterocycles. The summed E-state index contributed by atoms with van der Waals surface area (Å²) in [6, 6.07) is 7.78. The van der Waals surface area contributed by atoms with Crippen LogP contribution in [-0.4, -0.2) is 19.0 Å². The second-order valence-corrected chi connectivity index (χ2v) is 4.47. The molecule has 0 radical (unpaired) electrons. The van der Waals surface area contributed by atoms with Gasteiger partial charge in [0.1, 0.15) is 0 Å². The molecule has 1 amide bonds. The number of terminal acetylenes is 1. The molecule has 0 saturated carbocycles. The van der Waals surface area contributed by atoms with Gasteiger partial charge in [-0.05, 0) is 18.6 Å². The molecule has 0 bridgehead atoms. The zero-order valence-corrected chi connectivity index (χ0v) is 11.3. The first kappa shape index (κ1) is 13.8. The van der Waals surface area contributed by atoms with Crippen molar-refractivity contribution in [2.45, 2.75) is 13.0 Å². The Hall–Kier alpha value is -1.31. The Morgan fingerprint density at radius 2 is 2.24 bits per heavy atom. The molecular weight excluding hydrogens is 280 g/mol. The number of nitrogens with one attached hydrogen (secondary N) is 2. The molecule has 1 aromatic carbocycles. The van der Waals surface area contributed by atoms with Crippen molar-refractivity contribution in [1.29, 1.82) is 0 Å². The maximum Gasteiger partial charge on any atom is 0.234 e. The number of hydrogen-bond acceptors (Lipinski definition) is 2. The Balaban J connectivity index is 2.50. The van der Waals surface area contributed by atoms with E-state index in [9.17, 15) is 4.79 Å². The number of halogens is 1. The van der Waals surface area contributed by atoms with Gasteiger partial charge in [-0.15, -0.1) is 6.42 Å². The summed E-state index contributed by atoms with van der Waals surface area (Å²) in [5.74, 6) is 2.35. The molecule has 0 unspecified atom stereocenters. The highest BCUT2D eigenvalue weighted by molar-refractivity contribution is 9.10. The first-order valence-corrected chi connectivity index (χ1v) is 6.12. The predicted molar refractivity (Wildman–Crippen MR) is 72.4 cm³/mol. The molecule has 0 spiro atoms.